The molecule has 2 unspecified atom stereocenters. The van der Waals surface area contributed by atoms with Crippen LogP contribution in [0.4, 0.5) is 0 Å². The number of piperazine rings is 3. The lowest BCUT2D eigenvalue weighted by Crippen LogP contribution is -2.62. The summed E-state index contributed by atoms with van der Waals surface area (Å²) in [4.78, 5) is 4.81. The van der Waals surface area contributed by atoms with Crippen LogP contribution in [0, 0.1) is 0 Å². The first-order valence-electron chi connectivity index (χ1n) is 5.51. The van der Waals surface area contributed by atoms with Crippen LogP contribution in [0.5, 0.6) is 0 Å². The van der Waals surface area contributed by atoms with E-state index in [1.54, 1.807) is 12.5 Å². The quantitative estimate of drug-likeness (QED) is 0.759. The Kier molecular flexibility index (Phi) is 2.27. The van der Waals surface area contributed by atoms with E-state index in [4.69, 9.17) is 4.42 Å². The lowest BCUT2D eigenvalue weighted by atomic mass is 9.98. The first kappa shape index (κ1) is 9.39. The smallest absolute Gasteiger partial charge is 0.0988 e. The van der Waals surface area contributed by atoms with E-state index in [2.05, 4.69) is 9.80 Å². The summed E-state index contributed by atoms with van der Waals surface area (Å²) in [6.45, 7) is 5.44. The Morgan fingerprint density at radius 2 is 2.13 bits per heavy atom. The van der Waals surface area contributed by atoms with Crippen molar-refractivity contribution in [3.8, 4) is 0 Å². The van der Waals surface area contributed by atoms with Crippen molar-refractivity contribution in [3.63, 3.8) is 0 Å². The van der Waals surface area contributed by atoms with E-state index < -0.39 is 6.10 Å². The maximum atomic E-state index is 10.2. The van der Waals surface area contributed by atoms with Gasteiger partial charge in [0.2, 0.25) is 0 Å². The molecule has 4 heteroatoms. The molecule has 3 aliphatic rings. The fourth-order valence-electron chi connectivity index (χ4n) is 2.62. The van der Waals surface area contributed by atoms with Gasteiger partial charge in [-0.2, -0.15) is 0 Å². The molecule has 0 spiro atoms. The Labute approximate surface area is 89.1 Å². The molecule has 4 rings (SSSR count). The number of aliphatic hydroxyl groups is 1. The van der Waals surface area contributed by atoms with Crippen molar-refractivity contribution >= 4 is 0 Å². The number of hydrogen-bond donors (Lipinski definition) is 1. The highest BCUT2D eigenvalue weighted by Crippen LogP contribution is 2.27. The van der Waals surface area contributed by atoms with Crippen molar-refractivity contribution < 1.29 is 9.52 Å². The van der Waals surface area contributed by atoms with Crippen LogP contribution in [0.2, 0.25) is 0 Å². The zero-order chi connectivity index (χ0) is 10.3. The monoisotopic (exact) mass is 208 g/mol. The first-order valence-corrected chi connectivity index (χ1v) is 5.51. The van der Waals surface area contributed by atoms with Gasteiger partial charge in [0.25, 0.3) is 0 Å². The van der Waals surface area contributed by atoms with Gasteiger partial charge < -0.3 is 9.52 Å². The average Bonchev–Trinajstić information content (AvgIpc) is 2.83. The van der Waals surface area contributed by atoms with Gasteiger partial charge in [0.15, 0.2) is 0 Å². The molecule has 0 saturated carbocycles. The third-order valence-corrected chi connectivity index (χ3v) is 3.57. The van der Waals surface area contributed by atoms with Crippen LogP contribution in [0.15, 0.2) is 23.0 Å². The highest BCUT2D eigenvalue weighted by atomic mass is 16.3. The first-order chi connectivity index (χ1) is 7.34. The minimum Gasteiger partial charge on any atom is -0.472 e. The Morgan fingerprint density at radius 1 is 1.33 bits per heavy atom. The lowest BCUT2D eigenvalue weighted by Gasteiger charge is -2.48. The molecule has 4 nitrogen and oxygen atoms in total. The molecule has 0 aromatic carbocycles. The molecule has 0 aliphatic carbocycles. The van der Waals surface area contributed by atoms with Crippen LogP contribution in [-0.4, -0.2) is 53.7 Å². The second-order valence-corrected chi connectivity index (χ2v) is 4.41. The number of hydrogen-bond acceptors (Lipinski definition) is 4. The zero-order valence-electron chi connectivity index (χ0n) is 8.67. The van der Waals surface area contributed by atoms with Crippen molar-refractivity contribution in [1.82, 2.24) is 9.80 Å². The second-order valence-electron chi connectivity index (χ2n) is 4.41. The summed E-state index contributed by atoms with van der Waals surface area (Å²) < 4.78 is 5.01. The summed E-state index contributed by atoms with van der Waals surface area (Å²) in [6.07, 6.45) is 2.85. The molecule has 82 valence electrons. The van der Waals surface area contributed by atoms with Crippen molar-refractivity contribution in [2.75, 3.05) is 32.7 Å². The lowest BCUT2D eigenvalue weighted by molar-refractivity contribution is -0.0471. The van der Waals surface area contributed by atoms with Crippen LogP contribution in [0.1, 0.15) is 11.7 Å². The van der Waals surface area contributed by atoms with Gasteiger partial charge in [0, 0.05) is 38.3 Å². The van der Waals surface area contributed by atoms with Crippen LogP contribution in [-0.2, 0) is 0 Å². The van der Waals surface area contributed by atoms with E-state index in [-0.39, 0.29) is 6.04 Å². The molecule has 3 saturated heterocycles. The summed E-state index contributed by atoms with van der Waals surface area (Å²) in [5, 5.41) is 10.2. The molecule has 3 fully saturated rings. The SMILES string of the molecule is OC(c1ccoc1)C1CN2CCN1CC2. The molecule has 1 N–H and O–H groups in total. The van der Waals surface area contributed by atoms with Crippen LogP contribution < -0.4 is 0 Å². The molecular formula is C11H16N2O2. The van der Waals surface area contributed by atoms with Crippen molar-refractivity contribution in [3.05, 3.63) is 24.2 Å². The predicted octanol–water partition coefficient (Wildman–Crippen LogP) is 0.313. The topological polar surface area (TPSA) is 39.9 Å². The van der Waals surface area contributed by atoms with Crippen LogP contribution in [0.25, 0.3) is 0 Å². The molecule has 0 amide bonds. The molecule has 3 aliphatic heterocycles. The summed E-state index contributed by atoms with van der Waals surface area (Å²) >= 11 is 0. The van der Waals surface area contributed by atoms with Crippen molar-refractivity contribution in [2.24, 2.45) is 0 Å². The summed E-state index contributed by atoms with van der Waals surface area (Å²) in [5.74, 6) is 0. The highest BCUT2D eigenvalue weighted by Gasteiger charge is 2.36. The Balaban J connectivity index is 1.77. The maximum absolute atomic E-state index is 10.2. The number of aliphatic hydroxyl groups excluding tert-OH is 1. The minimum absolute atomic E-state index is 0.241. The molecule has 0 radical (unpaired) electrons. The summed E-state index contributed by atoms with van der Waals surface area (Å²) in [7, 11) is 0. The Hall–Kier alpha value is -0.840. The average molecular weight is 208 g/mol. The third kappa shape index (κ3) is 1.58. The summed E-state index contributed by atoms with van der Waals surface area (Å²) in [6, 6.07) is 2.09. The third-order valence-electron chi connectivity index (χ3n) is 3.57. The molecule has 1 aromatic rings. The normalized spacial score (nSPS) is 36.7. The minimum atomic E-state index is -0.410. The van der Waals surface area contributed by atoms with Crippen molar-refractivity contribution in [1.29, 1.82) is 0 Å². The highest BCUT2D eigenvalue weighted by molar-refractivity contribution is 5.13. The van der Waals surface area contributed by atoms with Gasteiger partial charge in [-0.25, -0.2) is 0 Å². The largest absolute Gasteiger partial charge is 0.472 e. The fourth-order valence-corrected chi connectivity index (χ4v) is 2.62. The van der Waals surface area contributed by atoms with Gasteiger partial charge in [-0.3, -0.25) is 9.80 Å². The van der Waals surface area contributed by atoms with Crippen LogP contribution >= 0.6 is 0 Å². The molecule has 1 aromatic heterocycles. The molecule has 2 atom stereocenters. The second kappa shape index (κ2) is 3.63. The standard InChI is InChI=1S/C11H16N2O2/c14-11(9-1-6-15-8-9)10-7-12-2-4-13(10)5-3-12/h1,6,8,10-11,14H,2-5,7H2. The van der Waals surface area contributed by atoms with Gasteiger partial charge in [-0.05, 0) is 6.07 Å². The van der Waals surface area contributed by atoms with E-state index in [0.29, 0.717) is 0 Å². The van der Waals surface area contributed by atoms with Gasteiger partial charge in [0.1, 0.15) is 0 Å². The molecule has 4 heterocycles. The van der Waals surface area contributed by atoms with Crippen molar-refractivity contribution in [2.45, 2.75) is 12.1 Å². The molecule has 2 bridgehead atoms. The molecule has 15 heavy (non-hydrogen) atoms. The van der Waals surface area contributed by atoms with E-state index in [1.807, 2.05) is 6.07 Å². The molecular weight excluding hydrogens is 192 g/mol. The number of nitrogens with zero attached hydrogens (tertiary/aromatic N) is 2. The van der Waals surface area contributed by atoms with Gasteiger partial charge >= 0.3 is 0 Å². The summed E-state index contributed by atoms with van der Waals surface area (Å²) in [5.41, 5.74) is 0.897. The predicted molar refractivity (Wildman–Crippen MR) is 55.5 cm³/mol. The van der Waals surface area contributed by atoms with E-state index in [0.717, 1.165) is 38.3 Å². The number of furan rings is 1. The van der Waals surface area contributed by atoms with E-state index in [1.165, 1.54) is 0 Å². The van der Waals surface area contributed by atoms with Gasteiger partial charge in [-0.15, -0.1) is 0 Å². The number of rotatable bonds is 2. The number of fused-ring (bicyclic) bond motifs is 3. The maximum Gasteiger partial charge on any atom is 0.0988 e. The van der Waals surface area contributed by atoms with E-state index >= 15 is 0 Å². The zero-order valence-corrected chi connectivity index (χ0v) is 8.67. The fraction of sp³-hybridized carbons (Fsp3) is 0.636. The van der Waals surface area contributed by atoms with Gasteiger partial charge in [-0.1, -0.05) is 0 Å². The van der Waals surface area contributed by atoms with Crippen LogP contribution in [0.3, 0.4) is 0 Å². The van der Waals surface area contributed by atoms with E-state index in [9.17, 15) is 5.11 Å². The Bertz CT molecular complexity index is 317. The Morgan fingerprint density at radius 3 is 2.67 bits per heavy atom. The van der Waals surface area contributed by atoms with Gasteiger partial charge in [0.05, 0.1) is 24.7 Å².